The van der Waals surface area contributed by atoms with Crippen molar-refractivity contribution in [3.63, 3.8) is 0 Å². The molecule has 2 aromatic carbocycles. The van der Waals surface area contributed by atoms with E-state index in [0.717, 1.165) is 12.1 Å². The van der Waals surface area contributed by atoms with Crippen molar-refractivity contribution in [1.29, 1.82) is 0 Å². The molecule has 0 saturated carbocycles. The topological polar surface area (TPSA) is 24.1 Å². The van der Waals surface area contributed by atoms with Crippen molar-refractivity contribution in [2.75, 3.05) is 5.32 Å². The molecule has 2 aromatic rings. The molecule has 2 rings (SSSR count). The maximum absolute atomic E-state index is 5.46. The van der Waals surface area contributed by atoms with Crippen LogP contribution in [-0.4, -0.2) is 5.11 Å². The van der Waals surface area contributed by atoms with E-state index in [1.807, 2.05) is 0 Å². The fourth-order valence-electron chi connectivity index (χ4n) is 2.89. The summed E-state index contributed by atoms with van der Waals surface area (Å²) in [4.78, 5) is 0. The van der Waals surface area contributed by atoms with Gasteiger partial charge in [-0.25, -0.2) is 0 Å². The molecule has 0 spiro atoms. The Morgan fingerprint density at radius 1 is 1.08 bits per heavy atom. The van der Waals surface area contributed by atoms with Crippen molar-refractivity contribution in [2.45, 2.75) is 53.0 Å². The van der Waals surface area contributed by atoms with Crippen LogP contribution in [0.5, 0.6) is 0 Å². The number of thiocarbonyl (C=S) groups is 1. The van der Waals surface area contributed by atoms with Crippen LogP contribution in [0.4, 0.5) is 5.69 Å². The second kappa shape index (κ2) is 8.84. The molecule has 0 aliphatic heterocycles. The van der Waals surface area contributed by atoms with E-state index in [1.165, 1.54) is 35.1 Å². The average molecular weight is 341 g/mol. The molecule has 0 saturated heterocycles. The average Bonchev–Trinajstić information content (AvgIpc) is 2.54. The number of benzene rings is 2. The zero-order valence-electron chi connectivity index (χ0n) is 15.1. The zero-order chi connectivity index (χ0) is 17.5. The number of unbranched alkanes of at least 4 members (excludes halogenated alkanes) is 1. The number of nitrogens with one attached hydrogen (secondary N) is 2. The van der Waals surface area contributed by atoms with Crippen molar-refractivity contribution < 1.29 is 0 Å². The first-order valence-corrected chi connectivity index (χ1v) is 9.14. The number of aryl methyl sites for hydroxylation is 3. The summed E-state index contributed by atoms with van der Waals surface area (Å²) in [6.45, 7) is 8.62. The predicted octanol–water partition coefficient (Wildman–Crippen LogP) is 5.69. The van der Waals surface area contributed by atoms with Gasteiger partial charge in [0, 0.05) is 5.69 Å². The molecule has 2 N–H and O–H groups in total. The summed E-state index contributed by atoms with van der Waals surface area (Å²) in [6, 6.07) is 15.2. The second-order valence-corrected chi connectivity index (χ2v) is 6.89. The summed E-state index contributed by atoms with van der Waals surface area (Å²) in [6.07, 6.45) is 3.60. The van der Waals surface area contributed by atoms with Gasteiger partial charge < -0.3 is 10.6 Å². The molecule has 128 valence electrons. The SMILES string of the molecule is CCCCc1ccc(NC(=S)NC(C)c2ccc(C)cc2C)cc1. The van der Waals surface area contributed by atoms with Crippen LogP contribution in [0.2, 0.25) is 0 Å². The van der Waals surface area contributed by atoms with Crippen molar-refractivity contribution in [2.24, 2.45) is 0 Å². The lowest BCUT2D eigenvalue weighted by Gasteiger charge is -2.19. The number of hydrogen-bond acceptors (Lipinski definition) is 1. The van der Waals surface area contributed by atoms with Crippen LogP contribution < -0.4 is 10.6 Å². The van der Waals surface area contributed by atoms with Gasteiger partial charge in [-0.3, -0.25) is 0 Å². The van der Waals surface area contributed by atoms with Crippen LogP contribution in [0.1, 0.15) is 55.0 Å². The standard InChI is InChI=1S/C21H28N2S/c1-5-6-7-18-9-11-19(12-10-18)23-21(24)22-17(4)20-13-8-15(2)14-16(20)3/h8-14,17H,5-7H2,1-4H3,(H2,22,23,24). The summed E-state index contributed by atoms with van der Waals surface area (Å²) in [5, 5.41) is 7.31. The number of hydrogen-bond donors (Lipinski definition) is 2. The summed E-state index contributed by atoms with van der Waals surface area (Å²) >= 11 is 5.46. The van der Waals surface area contributed by atoms with Crippen LogP contribution in [0.3, 0.4) is 0 Å². The minimum absolute atomic E-state index is 0.175. The van der Waals surface area contributed by atoms with Gasteiger partial charge in [0.05, 0.1) is 6.04 Å². The quantitative estimate of drug-likeness (QED) is 0.660. The largest absolute Gasteiger partial charge is 0.356 e. The third kappa shape index (κ3) is 5.34. The normalized spacial score (nSPS) is 11.8. The van der Waals surface area contributed by atoms with E-state index in [4.69, 9.17) is 12.2 Å². The van der Waals surface area contributed by atoms with Crippen LogP contribution >= 0.6 is 12.2 Å². The van der Waals surface area contributed by atoms with Gasteiger partial charge in [0.1, 0.15) is 0 Å². The van der Waals surface area contributed by atoms with Crippen molar-refractivity contribution in [3.05, 3.63) is 64.7 Å². The Kier molecular flexibility index (Phi) is 6.80. The van der Waals surface area contributed by atoms with Gasteiger partial charge in [-0.1, -0.05) is 49.2 Å². The van der Waals surface area contributed by atoms with Crippen LogP contribution in [0, 0.1) is 13.8 Å². The summed E-state index contributed by atoms with van der Waals surface area (Å²) in [7, 11) is 0. The second-order valence-electron chi connectivity index (χ2n) is 6.48. The molecule has 0 aliphatic rings. The monoisotopic (exact) mass is 340 g/mol. The molecule has 0 aromatic heterocycles. The van der Waals surface area contributed by atoms with Gasteiger partial charge in [0.15, 0.2) is 5.11 Å². The first-order valence-electron chi connectivity index (χ1n) is 8.73. The van der Waals surface area contributed by atoms with Gasteiger partial charge in [-0.15, -0.1) is 0 Å². The maximum atomic E-state index is 5.46. The highest BCUT2D eigenvalue weighted by Crippen LogP contribution is 2.19. The molecule has 1 atom stereocenters. The van der Waals surface area contributed by atoms with Crippen LogP contribution in [0.25, 0.3) is 0 Å². The molecule has 0 radical (unpaired) electrons. The Balaban J connectivity index is 1.92. The smallest absolute Gasteiger partial charge is 0.171 e. The first-order chi connectivity index (χ1) is 11.5. The summed E-state index contributed by atoms with van der Waals surface area (Å²) in [5.74, 6) is 0. The fourth-order valence-corrected chi connectivity index (χ4v) is 3.18. The molecule has 3 heteroatoms. The van der Waals surface area contributed by atoms with Crippen molar-refractivity contribution in [3.8, 4) is 0 Å². The lowest BCUT2D eigenvalue weighted by Crippen LogP contribution is -2.31. The van der Waals surface area contributed by atoms with Crippen LogP contribution in [-0.2, 0) is 6.42 Å². The molecular formula is C21H28N2S. The van der Waals surface area contributed by atoms with E-state index < -0.39 is 0 Å². The lowest BCUT2D eigenvalue weighted by atomic mass is 10.0. The van der Waals surface area contributed by atoms with E-state index in [0.29, 0.717) is 5.11 Å². The Bertz CT molecular complexity index is 677. The van der Waals surface area contributed by atoms with Gasteiger partial charge in [-0.05, 0) is 74.7 Å². The molecule has 1 unspecified atom stereocenters. The fraction of sp³-hybridized carbons (Fsp3) is 0.381. The molecule has 0 fully saturated rings. The van der Waals surface area contributed by atoms with Gasteiger partial charge in [-0.2, -0.15) is 0 Å². The first kappa shape index (κ1) is 18.5. The van der Waals surface area contributed by atoms with Gasteiger partial charge in [0.25, 0.3) is 0 Å². The van der Waals surface area contributed by atoms with E-state index in [1.54, 1.807) is 0 Å². The Hall–Kier alpha value is -1.87. The molecule has 0 heterocycles. The van der Waals surface area contributed by atoms with Crippen molar-refractivity contribution in [1.82, 2.24) is 5.32 Å². The van der Waals surface area contributed by atoms with E-state index in [2.05, 4.69) is 80.8 Å². The van der Waals surface area contributed by atoms with Gasteiger partial charge >= 0.3 is 0 Å². The van der Waals surface area contributed by atoms with Gasteiger partial charge in [0.2, 0.25) is 0 Å². The highest BCUT2D eigenvalue weighted by Gasteiger charge is 2.10. The van der Waals surface area contributed by atoms with Crippen molar-refractivity contribution >= 4 is 23.0 Å². The minimum Gasteiger partial charge on any atom is -0.356 e. The predicted molar refractivity (Wildman–Crippen MR) is 109 cm³/mol. The highest BCUT2D eigenvalue weighted by atomic mass is 32.1. The molecule has 0 bridgehead atoms. The third-order valence-corrected chi connectivity index (χ3v) is 4.49. The molecule has 2 nitrogen and oxygen atoms in total. The third-order valence-electron chi connectivity index (χ3n) is 4.27. The Morgan fingerprint density at radius 2 is 1.79 bits per heavy atom. The highest BCUT2D eigenvalue weighted by molar-refractivity contribution is 7.80. The van der Waals surface area contributed by atoms with E-state index in [9.17, 15) is 0 Å². The zero-order valence-corrected chi connectivity index (χ0v) is 16.0. The summed E-state index contributed by atoms with van der Waals surface area (Å²) in [5.41, 5.74) is 6.26. The molecular weight excluding hydrogens is 312 g/mol. The number of rotatable bonds is 6. The molecule has 0 amide bonds. The minimum atomic E-state index is 0.175. The van der Waals surface area contributed by atoms with E-state index in [-0.39, 0.29) is 6.04 Å². The Morgan fingerprint density at radius 3 is 2.42 bits per heavy atom. The van der Waals surface area contributed by atoms with E-state index >= 15 is 0 Å². The van der Waals surface area contributed by atoms with Crippen LogP contribution in [0.15, 0.2) is 42.5 Å². The lowest BCUT2D eigenvalue weighted by molar-refractivity contribution is 0.717. The number of anilines is 1. The molecule has 0 aliphatic carbocycles. The molecule has 24 heavy (non-hydrogen) atoms. The maximum Gasteiger partial charge on any atom is 0.171 e. The summed E-state index contributed by atoms with van der Waals surface area (Å²) < 4.78 is 0. The Labute approximate surface area is 151 Å².